The van der Waals surface area contributed by atoms with Crippen LogP contribution in [0.1, 0.15) is 13.3 Å². The second kappa shape index (κ2) is 7.21. The maximum Gasteiger partial charge on any atom is 0.321 e. The fourth-order valence-corrected chi connectivity index (χ4v) is 1.58. The van der Waals surface area contributed by atoms with Gasteiger partial charge in [0.2, 0.25) is 0 Å². The first-order valence-corrected chi connectivity index (χ1v) is 6.35. The summed E-state index contributed by atoms with van der Waals surface area (Å²) in [6, 6.07) is 4.75. The summed E-state index contributed by atoms with van der Waals surface area (Å²) in [4.78, 5) is 13.4. The highest BCUT2D eigenvalue weighted by atomic mass is 35.5. The molecule has 2 N–H and O–H groups in total. The Morgan fingerprint density at radius 3 is 2.84 bits per heavy atom. The van der Waals surface area contributed by atoms with Crippen LogP contribution in [0.3, 0.4) is 0 Å². The minimum atomic E-state index is -0.435. The van der Waals surface area contributed by atoms with Crippen LogP contribution >= 0.6 is 11.6 Å². The lowest BCUT2D eigenvalue weighted by Gasteiger charge is -2.19. The molecule has 0 bridgehead atoms. The van der Waals surface area contributed by atoms with E-state index < -0.39 is 6.10 Å². The molecule has 0 saturated carbocycles. The zero-order valence-corrected chi connectivity index (χ0v) is 12.1. The number of nitrogens with one attached hydrogen (secondary N) is 1. The first-order valence-electron chi connectivity index (χ1n) is 5.97. The van der Waals surface area contributed by atoms with E-state index in [4.69, 9.17) is 16.3 Å². The van der Waals surface area contributed by atoms with Gasteiger partial charge in [-0.15, -0.1) is 0 Å². The third kappa shape index (κ3) is 4.96. The van der Waals surface area contributed by atoms with E-state index in [-0.39, 0.29) is 6.03 Å². The van der Waals surface area contributed by atoms with Crippen molar-refractivity contribution in [1.29, 1.82) is 0 Å². The zero-order valence-electron chi connectivity index (χ0n) is 11.3. The van der Waals surface area contributed by atoms with Crippen LogP contribution in [0.2, 0.25) is 5.02 Å². The number of aliphatic hydroxyl groups excluding tert-OH is 1. The molecule has 0 aliphatic heterocycles. The minimum absolute atomic E-state index is 0.282. The fraction of sp³-hybridized carbons (Fsp3) is 0.462. The quantitative estimate of drug-likeness (QED) is 0.874. The van der Waals surface area contributed by atoms with Gasteiger partial charge in [0.05, 0.1) is 23.9 Å². The van der Waals surface area contributed by atoms with Gasteiger partial charge >= 0.3 is 6.03 Å². The number of halogens is 1. The van der Waals surface area contributed by atoms with Crippen LogP contribution in [0.4, 0.5) is 10.5 Å². The van der Waals surface area contributed by atoms with Crippen molar-refractivity contribution in [3.8, 4) is 5.75 Å². The van der Waals surface area contributed by atoms with Gasteiger partial charge in [0.15, 0.2) is 0 Å². The van der Waals surface area contributed by atoms with Gasteiger partial charge in [0.25, 0.3) is 0 Å². The summed E-state index contributed by atoms with van der Waals surface area (Å²) >= 11 is 6.00. The normalized spacial score (nSPS) is 11.8. The average molecular weight is 287 g/mol. The number of methoxy groups -OCH3 is 1. The summed E-state index contributed by atoms with van der Waals surface area (Å²) in [7, 11) is 3.20. The summed E-state index contributed by atoms with van der Waals surface area (Å²) < 4.78 is 5.07. The van der Waals surface area contributed by atoms with E-state index in [1.807, 2.05) is 0 Å². The molecule has 1 rings (SSSR count). The van der Waals surface area contributed by atoms with E-state index >= 15 is 0 Å². The maximum atomic E-state index is 11.9. The highest BCUT2D eigenvalue weighted by molar-refractivity contribution is 6.33. The van der Waals surface area contributed by atoms with Gasteiger partial charge in [-0.3, -0.25) is 0 Å². The van der Waals surface area contributed by atoms with Crippen molar-refractivity contribution in [2.24, 2.45) is 0 Å². The van der Waals surface area contributed by atoms with Crippen LogP contribution in [0.5, 0.6) is 5.75 Å². The van der Waals surface area contributed by atoms with E-state index in [0.717, 1.165) is 0 Å². The number of anilines is 1. The van der Waals surface area contributed by atoms with E-state index in [1.165, 1.54) is 4.90 Å². The van der Waals surface area contributed by atoms with Crippen LogP contribution in [-0.4, -0.2) is 42.8 Å². The maximum absolute atomic E-state index is 11.9. The number of nitrogens with zero attached hydrogens (tertiary/aromatic N) is 1. The van der Waals surface area contributed by atoms with Crippen molar-refractivity contribution >= 4 is 23.3 Å². The third-order valence-corrected chi connectivity index (χ3v) is 2.97. The second-order valence-electron chi connectivity index (χ2n) is 4.34. The predicted molar refractivity (Wildman–Crippen MR) is 76.0 cm³/mol. The number of carbonyl (C=O) groups is 1. The summed E-state index contributed by atoms with van der Waals surface area (Å²) in [5.41, 5.74) is 0.495. The zero-order chi connectivity index (χ0) is 14.4. The molecule has 1 unspecified atom stereocenters. The molecule has 0 aliphatic carbocycles. The van der Waals surface area contributed by atoms with Crippen molar-refractivity contribution < 1.29 is 14.6 Å². The predicted octanol–water partition coefficient (Wildman–Crippen LogP) is 2.58. The van der Waals surface area contributed by atoms with Crippen LogP contribution < -0.4 is 10.1 Å². The minimum Gasteiger partial charge on any atom is -0.497 e. The molecule has 0 radical (unpaired) electrons. The number of rotatable bonds is 5. The summed E-state index contributed by atoms with van der Waals surface area (Å²) in [5.74, 6) is 0.617. The smallest absolute Gasteiger partial charge is 0.321 e. The Kier molecular flexibility index (Phi) is 5.92. The standard InChI is InChI=1S/C13H19ClN2O3/c1-9(17)6-7-16(2)13(18)15-12-8-10(19-3)4-5-11(12)14/h4-5,8-9,17H,6-7H2,1-3H3,(H,15,18). The highest BCUT2D eigenvalue weighted by Crippen LogP contribution is 2.26. The number of benzene rings is 1. The van der Waals surface area contributed by atoms with Crippen LogP contribution in [0.25, 0.3) is 0 Å². The van der Waals surface area contributed by atoms with Crippen molar-refractivity contribution in [2.75, 3.05) is 26.0 Å². The number of hydrogen-bond donors (Lipinski definition) is 2. The van der Waals surface area contributed by atoms with Gasteiger partial charge in [-0.25, -0.2) is 4.79 Å². The molecule has 0 aromatic heterocycles. The van der Waals surface area contributed by atoms with Gasteiger partial charge in [-0.05, 0) is 25.5 Å². The van der Waals surface area contributed by atoms with Gasteiger partial charge in [-0.2, -0.15) is 0 Å². The Morgan fingerprint density at radius 1 is 1.58 bits per heavy atom. The van der Waals surface area contributed by atoms with Crippen LogP contribution in [-0.2, 0) is 0 Å². The topological polar surface area (TPSA) is 61.8 Å². The number of aliphatic hydroxyl groups is 1. The molecular formula is C13H19ClN2O3. The van der Waals surface area contributed by atoms with Gasteiger partial charge in [0.1, 0.15) is 5.75 Å². The molecule has 0 fully saturated rings. The first kappa shape index (κ1) is 15.6. The largest absolute Gasteiger partial charge is 0.497 e. The van der Waals surface area contributed by atoms with E-state index in [0.29, 0.717) is 29.4 Å². The van der Waals surface area contributed by atoms with Crippen molar-refractivity contribution in [3.63, 3.8) is 0 Å². The molecule has 0 spiro atoms. The Bertz CT molecular complexity index is 438. The highest BCUT2D eigenvalue weighted by Gasteiger charge is 2.12. The van der Waals surface area contributed by atoms with Crippen molar-refractivity contribution in [1.82, 2.24) is 4.90 Å². The van der Waals surface area contributed by atoms with Gasteiger partial charge in [-0.1, -0.05) is 11.6 Å². The summed E-state index contributed by atoms with van der Waals surface area (Å²) in [5, 5.41) is 12.3. The lowest BCUT2D eigenvalue weighted by atomic mass is 10.3. The van der Waals surface area contributed by atoms with E-state index in [2.05, 4.69) is 5.32 Å². The molecular weight excluding hydrogens is 268 g/mol. The van der Waals surface area contributed by atoms with Crippen molar-refractivity contribution in [2.45, 2.75) is 19.4 Å². The first-order chi connectivity index (χ1) is 8.93. The van der Waals surface area contributed by atoms with E-state index in [9.17, 15) is 9.90 Å². The number of ether oxygens (including phenoxy) is 1. The molecule has 0 aliphatic rings. The van der Waals surface area contributed by atoms with Gasteiger partial charge in [0, 0.05) is 19.7 Å². The summed E-state index contributed by atoms with van der Waals surface area (Å²) in [6.07, 6.45) is 0.0890. The second-order valence-corrected chi connectivity index (χ2v) is 4.74. The lowest BCUT2D eigenvalue weighted by Crippen LogP contribution is -2.33. The lowest BCUT2D eigenvalue weighted by molar-refractivity contribution is 0.167. The number of amides is 2. The Labute approximate surface area is 118 Å². The number of urea groups is 1. The van der Waals surface area contributed by atoms with Crippen LogP contribution in [0, 0.1) is 0 Å². The molecule has 1 aromatic carbocycles. The average Bonchev–Trinajstić information content (AvgIpc) is 2.38. The molecule has 6 heteroatoms. The Morgan fingerprint density at radius 2 is 2.26 bits per heavy atom. The molecule has 106 valence electrons. The van der Waals surface area contributed by atoms with Crippen LogP contribution in [0.15, 0.2) is 18.2 Å². The molecule has 2 amide bonds. The third-order valence-electron chi connectivity index (χ3n) is 2.64. The number of carbonyl (C=O) groups excluding carboxylic acids is 1. The van der Waals surface area contributed by atoms with Crippen molar-refractivity contribution in [3.05, 3.63) is 23.2 Å². The molecule has 1 aromatic rings. The van der Waals surface area contributed by atoms with E-state index in [1.54, 1.807) is 39.3 Å². The molecule has 0 heterocycles. The SMILES string of the molecule is COc1ccc(Cl)c(NC(=O)N(C)CCC(C)O)c1. The fourth-order valence-electron chi connectivity index (χ4n) is 1.42. The molecule has 5 nitrogen and oxygen atoms in total. The van der Waals surface area contributed by atoms with Gasteiger partial charge < -0.3 is 20.1 Å². The Hall–Kier alpha value is -1.46. The number of hydrogen-bond acceptors (Lipinski definition) is 3. The molecule has 19 heavy (non-hydrogen) atoms. The summed E-state index contributed by atoms with van der Waals surface area (Å²) in [6.45, 7) is 2.15. The monoisotopic (exact) mass is 286 g/mol. The molecule has 0 saturated heterocycles. The Balaban J connectivity index is 2.65. The molecule has 1 atom stereocenters.